The molecule has 7 nitrogen and oxygen atoms in total. The molecule has 4 rings (SSSR count). The topological polar surface area (TPSA) is 107 Å². The first kappa shape index (κ1) is 20.1. The Bertz CT molecular complexity index is 1080. The Hall–Kier alpha value is -2.17. The van der Waals surface area contributed by atoms with Gasteiger partial charge in [0.25, 0.3) is 0 Å². The Labute approximate surface area is 180 Å². The zero-order valence-corrected chi connectivity index (χ0v) is 18.3. The molecule has 0 fully saturated rings. The summed E-state index contributed by atoms with van der Waals surface area (Å²) in [6, 6.07) is 1.64. The number of thioether (sulfide) groups is 1. The van der Waals surface area contributed by atoms with E-state index in [1.54, 1.807) is 29.7 Å². The minimum absolute atomic E-state index is 0.121. The molecule has 0 atom stereocenters. The average molecular weight is 449 g/mol. The van der Waals surface area contributed by atoms with E-state index in [1.807, 2.05) is 0 Å². The van der Waals surface area contributed by atoms with Gasteiger partial charge in [-0.25, -0.2) is 14.8 Å². The minimum atomic E-state index is -0.445. The van der Waals surface area contributed by atoms with Crippen LogP contribution in [0.2, 0.25) is 0 Å². The number of thiophene rings is 2. The summed E-state index contributed by atoms with van der Waals surface area (Å²) in [4.78, 5) is 35.6. The Kier molecular flexibility index (Phi) is 6.02. The second-order valence-corrected chi connectivity index (χ2v) is 9.45. The van der Waals surface area contributed by atoms with Gasteiger partial charge in [-0.15, -0.1) is 22.7 Å². The lowest BCUT2D eigenvalue weighted by atomic mass is 9.97. The summed E-state index contributed by atoms with van der Waals surface area (Å²) in [5.74, 6) is -0.0771. The Morgan fingerprint density at radius 2 is 2.14 bits per heavy atom. The number of nitrogens with two attached hydrogens (primary N) is 1. The Balaban J connectivity index is 1.44. The van der Waals surface area contributed by atoms with Gasteiger partial charge >= 0.3 is 5.97 Å². The molecule has 1 aliphatic carbocycles. The third-order valence-electron chi connectivity index (χ3n) is 4.57. The summed E-state index contributed by atoms with van der Waals surface area (Å²) < 4.78 is 5.00. The first-order valence-electron chi connectivity index (χ1n) is 9.31. The number of nitrogens with zero attached hydrogens (tertiary/aromatic N) is 2. The quantitative estimate of drug-likeness (QED) is 0.332. The molecular weight excluding hydrogens is 428 g/mol. The van der Waals surface area contributed by atoms with Crippen molar-refractivity contribution < 1.29 is 14.3 Å². The Morgan fingerprint density at radius 3 is 2.97 bits per heavy atom. The molecule has 0 saturated carbocycles. The number of carbonyl (C=O) groups excluding carboxylic acids is 2. The van der Waals surface area contributed by atoms with E-state index in [9.17, 15) is 9.59 Å². The van der Waals surface area contributed by atoms with Crippen LogP contribution in [0, 0.1) is 0 Å². The van der Waals surface area contributed by atoms with Crippen molar-refractivity contribution in [2.24, 2.45) is 0 Å². The predicted molar refractivity (Wildman–Crippen MR) is 118 cm³/mol. The van der Waals surface area contributed by atoms with Crippen molar-refractivity contribution in [3.8, 4) is 0 Å². The molecule has 10 heteroatoms. The molecule has 0 radical (unpaired) electrons. The van der Waals surface area contributed by atoms with Crippen molar-refractivity contribution in [3.63, 3.8) is 0 Å². The zero-order chi connectivity index (χ0) is 20.4. The molecule has 1 aliphatic rings. The molecule has 152 valence electrons. The SMILES string of the molecule is CCOC(=O)c1ccsc1NC(=O)CSc1nc(N)c2c3c(sc2n1)CCCC3. The number of aryl methyl sites for hydroxylation is 2. The summed E-state index contributed by atoms with van der Waals surface area (Å²) in [6.07, 6.45) is 4.47. The number of hydrogen-bond donors (Lipinski definition) is 2. The van der Waals surface area contributed by atoms with Crippen LogP contribution in [0.15, 0.2) is 16.6 Å². The summed E-state index contributed by atoms with van der Waals surface area (Å²) in [6.45, 7) is 2.02. The standard InChI is InChI=1S/C19H20N4O3S3/c1-2-26-18(25)11-7-8-27-16(11)21-13(24)9-28-19-22-15(20)14-10-5-3-4-6-12(10)29-17(14)23-19/h7-8H,2-6,9H2,1H3,(H,21,24)(H2,20,22,23). The molecule has 3 aromatic heterocycles. The maximum Gasteiger partial charge on any atom is 0.341 e. The van der Waals surface area contributed by atoms with E-state index in [4.69, 9.17) is 10.5 Å². The first-order chi connectivity index (χ1) is 14.1. The smallest absolute Gasteiger partial charge is 0.341 e. The van der Waals surface area contributed by atoms with E-state index < -0.39 is 5.97 Å². The van der Waals surface area contributed by atoms with Gasteiger partial charge in [0, 0.05) is 4.88 Å². The molecule has 3 N–H and O–H groups in total. The number of aromatic nitrogens is 2. The average Bonchev–Trinajstić information content (AvgIpc) is 3.30. The van der Waals surface area contributed by atoms with Crippen molar-refractivity contribution in [2.75, 3.05) is 23.4 Å². The third-order valence-corrected chi connectivity index (χ3v) is 7.43. The Morgan fingerprint density at radius 1 is 1.31 bits per heavy atom. The highest BCUT2D eigenvalue weighted by molar-refractivity contribution is 7.99. The summed E-state index contributed by atoms with van der Waals surface area (Å²) in [5.41, 5.74) is 7.88. The summed E-state index contributed by atoms with van der Waals surface area (Å²) >= 11 is 4.19. The van der Waals surface area contributed by atoms with Gasteiger partial charge in [0.15, 0.2) is 5.16 Å². The summed E-state index contributed by atoms with van der Waals surface area (Å²) in [5, 5.41) is 6.46. The normalized spacial score (nSPS) is 13.3. The molecule has 0 spiro atoms. The maximum absolute atomic E-state index is 12.4. The van der Waals surface area contributed by atoms with Gasteiger partial charge in [-0.1, -0.05) is 11.8 Å². The fourth-order valence-corrected chi connectivity index (χ4v) is 6.07. The molecule has 0 unspecified atom stereocenters. The molecule has 29 heavy (non-hydrogen) atoms. The van der Waals surface area contributed by atoms with Gasteiger partial charge in [0.1, 0.15) is 15.6 Å². The van der Waals surface area contributed by atoms with Gasteiger partial charge in [-0.05, 0) is 49.6 Å². The van der Waals surface area contributed by atoms with Crippen LogP contribution >= 0.6 is 34.4 Å². The lowest BCUT2D eigenvalue weighted by molar-refractivity contribution is -0.113. The molecule has 3 heterocycles. The highest BCUT2D eigenvalue weighted by Gasteiger charge is 2.21. The maximum atomic E-state index is 12.4. The monoisotopic (exact) mass is 448 g/mol. The molecule has 0 aliphatic heterocycles. The second-order valence-electron chi connectivity index (χ2n) is 6.50. The molecule has 0 bridgehead atoms. The van der Waals surface area contributed by atoms with Crippen LogP contribution in [0.25, 0.3) is 10.2 Å². The van der Waals surface area contributed by atoms with Crippen LogP contribution in [0.5, 0.6) is 0 Å². The number of nitrogen functional groups attached to an aromatic ring is 1. The lowest BCUT2D eigenvalue weighted by Gasteiger charge is -2.10. The van der Waals surface area contributed by atoms with Crippen molar-refractivity contribution >= 4 is 67.3 Å². The fourth-order valence-electron chi connectivity index (χ4n) is 3.30. The van der Waals surface area contributed by atoms with Crippen molar-refractivity contribution in [1.29, 1.82) is 0 Å². The highest BCUT2D eigenvalue weighted by atomic mass is 32.2. The van der Waals surface area contributed by atoms with Gasteiger partial charge in [0.05, 0.1) is 23.3 Å². The largest absolute Gasteiger partial charge is 0.462 e. The number of hydrogen-bond acceptors (Lipinski definition) is 9. The van der Waals surface area contributed by atoms with E-state index in [2.05, 4.69) is 15.3 Å². The number of amides is 1. The first-order valence-corrected chi connectivity index (χ1v) is 12.0. The van der Waals surface area contributed by atoms with Gasteiger partial charge in [-0.3, -0.25) is 4.79 Å². The fraction of sp³-hybridized carbons (Fsp3) is 0.368. The highest BCUT2D eigenvalue weighted by Crippen LogP contribution is 2.38. The van der Waals surface area contributed by atoms with Crippen LogP contribution in [0.4, 0.5) is 10.8 Å². The third kappa shape index (κ3) is 4.24. The number of nitrogens with one attached hydrogen (secondary N) is 1. The van der Waals surface area contributed by atoms with E-state index in [-0.39, 0.29) is 18.3 Å². The molecule has 0 saturated heterocycles. The van der Waals surface area contributed by atoms with Crippen molar-refractivity contribution in [2.45, 2.75) is 37.8 Å². The van der Waals surface area contributed by atoms with E-state index in [0.717, 1.165) is 23.1 Å². The van der Waals surface area contributed by atoms with E-state index in [0.29, 0.717) is 21.5 Å². The number of ether oxygens (including phenoxy) is 1. The number of fused-ring (bicyclic) bond motifs is 3. The molecule has 3 aromatic rings. The molecule has 1 amide bonds. The van der Waals surface area contributed by atoms with Crippen LogP contribution in [-0.2, 0) is 22.4 Å². The van der Waals surface area contributed by atoms with Crippen molar-refractivity contribution in [1.82, 2.24) is 9.97 Å². The van der Waals surface area contributed by atoms with E-state index >= 15 is 0 Å². The lowest BCUT2D eigenvalue weighted by Crippen LogP contribution is -2.16. The predicted octanol–water partition coefficient (Wildman–Crippen LogP) is 4.12. The van der Waals surface area contributed by atoms with Crippen LogP contribution in [0.3, 0.4) is 0 Å². The molecular formula is C19H20N4O3S3. The van der Waals surface area contributed by atoms with Crippen LogP contribution in [0.1, 0.15) is 40.6 Å². The molecule has 0 aromatic carbocycles. The number of esters is 1. The van der Waals surface area contributed by atoms with Crippen LogP contribution in [-0.4, -0.2) is 34.2 Å². The van der Waals surface area contributed by atoms with Gasteiger partial charge in [0.2, 0.25) is 5.91 Å². The zero-order valence-electron chi connectivity index (χ0n) is 15.8. The number of carbonyl (C=O) groups is 2. The minimum Gasteiger partial charge on any atom is -0.462 e. The number of anilines is 2. The second kappa shape index (κ2) is 8.68. The van der Waals surface area contributed by atoms with Gasteiger partial charge < -0.3 is 15.8 Å². The van der Waals surface area contributed by atoms with Crippen LogP contribution < -0.4 is 11.1 Å². The van der Waals surface area contributed by atoms with Gasteiger partial charge in [-0.2, -0.15) is 0 Å². The van der Waals surface area contributed by atoms with E-state index in [1.165, 1.54) is 46.4 Å². The van der Waals surface area contributed by atoms with Crippen molar-refractivity contribution in [3.05, 3.63) is 27.5 Å². The summed E-state index contributed by atoms with van der Waals surface area (Å²) in [7, 11) is 0. The number of rotatable bonds is 6.